The minimum absolute atomic E-state index is 0.167. The lowest BCUT2D eigenvalue weighted by molar-refractivity contribution is -0.385. The number of nitrogens with zero attached hydrogens (tertiary/aromatic N) is 1. The Morgan fingerprint density at radius 3 is 2.26 bits per heavy atom. The van der Waals surface area contributed by atoms with Gasteiger partial charge < -0.3 is 9.47 Å². The number of allylic oxidation sites excluding steroid dienone is 1. The minimum atomic E-state index is -0.533. The predicted octanol–water partition coefficient (Wildman–Crippen LogP) is 3.51. The molecule has 0 saturated heterocycles. The van der Waals surface area contributed by atoms with Gasteiger partial charge in [-0.05, 0) is 18.2 Å². The van der Waals surface area contributed by atoms with E-state index in [1.807, 2.05) is 0 Å². The number of rotatable bonds is 6. The normalized spacial score (nSPS) is 10.5. The van der Waals surface area contributed by atoms with Crippen LogP contribution in [0, 0.1) is 10.1 Å². The van der Waals surface area contributed by atoms with Crippen molar-refractivity contribution in [3.63, 3.8) is 0 Å². The summed E-state index contributed by atoms with van der Waals surface area (Å²) in [5, 5.41) is 11.2. The van der Waals surface area contributed by atoms with Gasteiger partial charge in [0.25, 0.3) is 5.69 Å². The van der Waals surface area contributed by atoms with Gasteiger partial charge in [0.05, 0.1) is 30.8 Å². The molecule has 6 heteroatoms. The summed E-state index contributed by atoms with van der Waals surface area (Å²) >= 11 is 0. The van der Waals surface area contributed by atoms with Crippen molar-refractivity contribution in [2.24, 2.45) is 0 Å². The SMILES string of the molecule is COc1cc(/C=C/C(=O)c2ccccc2)c([N+](=O)[O-])cc1OC. The third kappa shape index (κ3) is 3.74. The number of carbonyl (C=O) groups is 1. The summed E-state index contributed by atoms with van der Waals surface area (Å²) in [7, 11) is 2.84. The van der Waals surface area contributed by atoms with E-state index in [0.29, 0.717) is 11.3 Å². The zero-order valence-electron chi connectivity index (χ0n) is 12.7. The highest BCUT2D eigenvalue weighted by molar-refractivity contribution is 6.07. The molecule has 2 rings (SSSR count). The zero-order valence-corrected chi connectivity index (χ0v) is 12.7. The van der Waals surface area contributed by atoms with Gasteiger partial charge in [0.2, 0.25) is 0 Å². The van der Waals surface area contributed by atoms with Crippen molar-refractivity contribution in [3.05, 3.63) is 69.8 Å². The number of methoxy groups -OCH3 is 2. The molecule has 0 heterocycles. The second-order valence-electron chi connectivity index (χ2n) is 4.59. The molecular formula is C17H15NO5. The topological polar surface area (TPSA) is 78.7 Å². The van der Waals surface area contributed by atoms with Crippen LogP contribution in [0.15, 0.2) is 48.5 Å². The monoisotopic (exact) mass is 313 g/mol. The summed E-state index contributed by atoms with van der Waals surface area (Å²) in [5.74, 6) is 0.366. The number of hydrogen-bond acceptors (Lipinski definition) is 5. The van der Waals surface area contributed by atoms with Gasteiger partial charge in [-0.25, -0.2) is 0 Å². The average molecular weight is 313 g/mol. The zero-order chi connectivity index (χ0) is 16.8. The summed E-state index contributed by atoms with van der Waals surface area (Å²) in [6, 6.07) is 11.4. The van der Waals surface area contributed by atoms with E-state index < -0.39 is 4.92 Å². The molecule has 0 unspecified atom stereocenters. The van der Waals surface area contributed by atoms with E-state index in [1.165, 1.54) is 38.5 Å². The Balaban J connectivity index is 2.40. The van der Waals surface area contributed by atoms with Gasteiger partial charge >= 0.3 is 0 Å². The van der Waals surface area contributed by atoms with E-state index in [0.717, 1.165) is 0 Å². The maximum atomic E-state index is 12.1. The molecule has 2 aromatic carbocycles. The van der Waals surface area contributed by atoms with Crippen molar-refractivity contribution in [2.45, 2.75) is 0 Å². The molecule has 0 radical (unpaired) electrons. The van der Waals surface area contributed by atoms with Gasteiger partial charge in [0.1, 0.15) is 0 Å². The molecule has 0 aliphatic heterocycles. The van der Waals surface area contributed by atoms with Crippen molar-refractivity contribution < 1.29 is 19.2 Å². The molecule has 2 aromatic rings. The first kappa shape index (κ1) is 16.2. The second kappa shape index (κ2) is 7.22. The van der Waals surface area contributed by atoms with Crippen LogP contribution in [0.2, 0.25) is 0 Å². The Labute approximate surface area is 133 Å². The first-order valence-corrected chi connectivity index (χ1v) is 6.74. The molecule has 0 saturated carbocycles. The van der Waals surface area contributed by atoms with Crippen molar-refractivity contribution in [1.29, 1.82) is 0 Å². The molecule has 23 heavy (non-hydrogen) atoms. The van der Waals surface area contributed by atoms with E-state index in [-0.39, 0.29) is 22.8 Å². The highest BCUT2D eigenvalue weighted by Gasteiger charge is 2.18. The predicted molar refractivity (Wildman–Crippen MR) is 86.0 cm³/mol. The molecule has 0 spiro atoms. The van der Waals surface area contributed by atoms with Crippen molar-refractivity contribution in [3.8, 4) is 11.5 Å². The lowest BCUT2D eigenvalue weighted by Gasteiger charge is -2.08. The van der Waals surface area contributed by atoms with Crippen LogP contribution in [-0.2, 0) is 0 Å². The van der Waals surface area contributed by atoms with Crippen LogP contribution in [-0.4, -0.2) is 24.9 Å². The van der Waals surface area contributed by atoms with Gasteiger partial charge in [-0.15, -0.1) is 0 Å². The number of nitro groups is 1. The highest BCUT2D eigenvalue weighted by Crippen LogP contribution is 2.35. The summed E-state index contributed by atoms with van der Waals surface area (Å²) in [5.41, 5.74) is 0.601. The Kier molecular flexibility index (Phi) is 5.09. The number of carbonyl (C=O) groups excluding carboxylic acids is 1. The van der Waals surface area contributed by atoms with E-state index in [9.17, 15) is 14.9 Å². The van der Waals surface area contributed by atoms with Crippen molar-refractivity contribution >= 4 is 17.5 Å². The second-order valence-corrected chi connectivity index (χ2v) is 4.59. The van der Waals surface area contributed by atoms with Gasteiger partial charge in [-0.2, -0.15) is 0 Å². The third-order valence-corrected chi connectivity index (χ3v) is 3.20. The molecule has 118 valence electrons. The summed E-state index contributed by atoms with van der Waals surface area (Å²) in [6.45, 7) is 0. The Morgan fingerprint density at radius 2 is 1.70 bits per heavy atom. The molecule has 0 aromatic heterocycles. The Hall–Kier alpha value is -3.15. The van der Waals surface area contributed by atoms with Crippen LogP contribution in [0.4, 0.5) is 5.69 Å². The van der Waals surface area contributed by atoms with E-state index in [4.69, 9.17) is 9.47 Å². The van der Waals surface area contributed by atoms with Crippen LogP contribution in [0.3, 0.4) is 0 Å². The minimum Gasteiger partial charge on any atom is -0.493 e. The van der Waals surface area contributed by atoms with E-state index in [1.54, 1.807) is 30.3 Å². The number of ketones is 1. The fourth-order valence-electron chi connectivity index (χ4n) is 2.04. The van der Waals surface area contributed by atoms with Crippen LogP contribution in [0.5, 0.6) is 11.5 Å². The number of ether oxygens (including phenoxy) is 2. The molecule has 0 aliphatic rings. The maximum Gasteiger partial charge on any atom is 0.280 e. The van der Waals surface area contributed by atoms with Crippen LogP contribution in [0.1, 0.15) is 15.9 Å². The number of nitro benzene ring substituents is 1. The molecule has 0 N–H and O–H groups in total. The van der Waals surface area contributed by atoms with E-state index in [2.05, 4.69) is 0 Å². The summed E-state index contributed by atoms with van der Waals surface area (Å²) in [4.78, 5) is 22.7. The number of benzene rings is 2. The number of hydrogen-bond donors (Lipinski definition) is 0. The standard InChI is InChI=1S/C17H15NO5/c1-22-16-10-13(14(18(20)21)11-17(16)23-2)8-9-15(19)12-6-4-3-5-7-12/h3-11H,1-2H3/b9-8+. The fraction of sp³-hybridized carbons (Fsp3) is 0.118. The molecule has 0 aliphatic carbocycles. The first-order valence-electron chi connectivity index (χ1n) is 6.74. The van der Waals surface area contributed by atoms with Crippen molar-refractivity contribution in [2.75, 3.05) is 14.2 Å². The van der Waals surface area contributed by atoms with Gasteiger partial charge in [0, 0.05) is 5.56 Å². The lowest BCUT2D eigenvalue weighted by Crippen LogP contribution is -1.97. The fourth-order valence-corrected chi connectivity index (χ4v) is 2.04. The molecule has 6 nitrogen and oxygen atoms in total. The highest BCUT2D eigenvalue weighted by atomic mass is 16.6. The smallest absolute Gasteiger partial charge is 0.280 e. The lowest BCUT2D eigenvalue weighted by atomic mass is 10.1. The molecule has 0 fully saturated rings. The summed E-state index contributed by atoms with van der Waals surface area (Å²) in [6.07, 6.45) is 2.69. The van der Waals surface area contributed by atoms with Crippen LogP contribution < -0.4 is 9.47 Å². The average Bonchev–Trinajstić information content (AvgIpc) is 2.59. The summed E-state index contributed by atoms with van der Waals surface area (Å²) < 4.78 is 10.2. The first-order chi connectivity index (χ1) is 11.1. The van der Waals surface area contributed by atoms with Crippen LogP contribution in [0.25, 0.3) is 6.08 Å². The van der Waals surface area contributed by atoms with Gasteiger partial charge in [-0.3, -0.25) is 14.9 Å². The Bertz CT molecular complexity index is 753. The molecular weight excluding hydrogens is 298 g/mol. The van der Waals surface area contributed by atoms with Gasteiger partial charge in [0.15, 0.2) is 17.3 Å². The van der Waals surface area contributed by atoms with Gasteiger partial charge in [-0.1, -0.05) is 30.3 Å². The quantitative estimate of drug-likeness (QED) is 0.353. The third-order valence-electron chi connectivity index (χ3n) is 3.20. The maximum absolute atomic E-state index is 12.1. The Morgan fingerprint density at radius 1 is 1.09 bits per heavy atom. The van der Waals surface area contributed by atoms with Crippen molar-refractivity contribution in [1.82, 2.24) is 0 Å². The van der Waals surface area contributed by atoms with Crippen LogP contribution >= 0.6 is 0 Å². The molecule has 0 amide bonds. The largest absolute Gasteiger partial charge is 0.493 e. The van der Waals surface area contributed by atoms with E-state index >= 15 is 0 Å². The molecule has 0 bridgehead atoms. The molecule has 0 atom stereocenters.